The number of carbonyl (C=O) groups excluding carboxylic acids is 4. The van der Waals surface area contributed by atoms with Crippen molar-refractivity contribution in [2.75, 3.05) is 34.8 Å². The fourth-order valence-electron chi connectivity index (χ4n) is 9.38. The van der Waals surface area contributed by atoms with E-state index in [1.165, 1.54) is 11.0 Å². The van der Waals surface area contributed by atoms with Crippen molar-refractivity contribution in [1.29, 1.82) is 5.26 Å². The van der Waals surface area contributed by atoms with Crippen molar-refractivity contribution in [1.82, 2.24) is 29.9 Å². The molecule has 1 unspecified atom stereocenters. The normalized spacial score (nSPS) is 25.2. The Morgan fingerprint density at radius 3 is 2.47 bits per heavy atom. The van der Waals surface area contributed by atoms with Gasteiger partial charge in [0.25, 0.3) is 5.91 Å². The monoisotopic (exact) mass is 850 g/mol. The minimum absolute atomic E-state index is 0.0453. The summed E-state index contributed by atoms with van der Waals surface area (Å²) in [7, 11) is 1.75. The minimum Gasteiger partial charge on any atom is -0.378 e. The maximum absolute atomic E-state index is 13.7. The van der Waals surface area contributed by atoms with Crippen LogP contribution in [0.3, 0.4) is 0 Å². The van der Waals surface area contributed by atoms with Crippen LogP contribution in [0, 0.1) is 17.2 Å². The standard InChI is InChI=1S/C41H49F3N10O5S/c1-23-17-28(18-24(2)52(23)22-34(56)47-31-8-6-7-29-35(31)50(5)49-36(29)51-15-13-33(55)48-38(51)58)59-16-14-25-9-11-26(12-10-25)54-39(60)53(37(57)40(54,3)4)27-19-30(41(42,43)44)32(20-45)46-21-27/h6-8,19,21,23-26,28H,9-18,22H2,1-5H3,(H,47,56)(H,48,55,58)/t23-,24+,25?,26?,28?. The van der Waals surface area contributed by atoms with Gasteiger partial charge in [-0.15, -0.1) is 0 Å². The zero-order chi connectivity index (χ0) is 43.3. The third-order valence-corrected chi connectivity index (χ3v) is 12.8. The van der Waals surface area contributed by atoms with Crippen LogP contribution in [0.1, 0.15) is 90.3 Å². The number of ether oxygens (including phenoxy) is 1. The lowest BCUT2D eigenvalue weighted by Gasteiger charge is -2.42. The molecule has 3 aromatic rings. The number of benzene rings is 1. The van der Waals surface area contributed by atoms with Crippen LogP contribution < -0.4 is 20.4 Å². The second-order valence-corrected chi connectivity index (χ2v) is 17.2. The van der Waals surface area contributed by atoms with Gasteiger partial charge >= 0.3 is 12.2 Å². The molecule has 2 aromatic heterocycles. The maximum atomic E-state index is 13.7. The molecule has 4 aliphatic rings. The van der Waals surface area contributed by atoms with Crippen LogP contribution in [0.5, 0.6) is 0 Å². The molecule has 3 atom stereocenters. The minimum atomic E-state index is -4.82. The Balaban J connectivity index is 0.884. The molecular weight excluding hydrogens is 802 g/mol. The van der Waals surface area contributed by atoms with Crippen molar-refractivity contribution in [3.8, 4) is 6.07 Å². The summed E-state index contributed by atoms with van der Waals surface area (Å²) in [5, 5.41) is 19.9. The lowest BCUT2D eigenvalue weighted by molar-refractivity contribution is -0.138. The molecule has 3 aliphatic heterocycles. The van der Waals surface area contributed by atoms with Gasteiger partial charge < -0.3 is 15.0 Å². The fourth-order valence-corrected chi connectivity index (χ4v) is 9.94. The van der Waals surface area contributed by atoms with Gasteiger partial charge in [-0.1, -0.05) is 6.07 Å². The second kappa shape index (κ2) is 16.7. The topological polar surface area (TPSA) is 169 Å². The average molecular weight is 851 g/mol. The van der Waals surface area contributed by atoms with Crippen LogP contribution in [-0.4, -0.2) is 103 Å². The number of fused-ring (bicyclic) bond motifs is 1. The van der Waals surface area contributed by atoms with E-state index in [0.29, 0.717) is 34.9 Å². The van der Waals surface area contributed by atoms with E-state index >= 15 is 0 Å². The van der Waals surface area contributed by atoms with Crippen molar-refractivity contribution in [2.45, 2.75) is 115 Å². The zero-order valence-electron chi connectivity index (χ0n) is 34.2. The lowest BCUT2D eigenvalue weighted by atomic mass is 9.82. The highest BCUT2D eigenvalue weighted by atomic mass is 32.1. The van der Waals surface area contributed by atoms with E-state index < -0.39 is 34.9 Å². The molecule has 5 amide bonds. The molecule has 60 heavy (non-hydrogen) atoms. The number of rotatable bonds is 10. The predicted molar refractivity (Wildman–Crippen MR) is 220 cm³/mol. The van der Waals surface area contributed by atoms with Crippen LogP contribution in [0.2, 0.25) is 0 Å². The number of urea groups is 1. The fraction of sp³-hybridized carbons (Fsp3) is 0.561. The Labute approximate surface area is 351 Å². The summed E-state index contributed by atoms with van der Waals surface area (Å²) in [5.74, 6) is -0.118. The molecule has 15 nitrogen and oxygen atoms in total. The quantitative estimate of drug-likeness (QED) is 0.235. The van der Waals surface area contributed by atoms with Gasteiger partial charge in [-0.05, 0) is 109 Å². The van der Waals surface area contributed by atoms with Gasteiger partial charge in [0.15, 0.2) is 16.6 Å². The molecule has 1 saturated carbocycles. The van der Waals surface area contributed by atoms with Gasteiger partial charge in [-0.3, -0.25) is 39.1 Å². The number of piperidine rings is 1. The number of alkyl halides is 3. The van der Waals surface area contributed by atoms with Crippen molar-refractivity contribution < 1.29 is 37.1 Å². The lowest BCUT2D eigenvalue weighted by Crippen LogP contribution is -2.51. The third-order valence-electron chi connectivity index (χ3n) is 12.4. The number of nitriles is 1. The Bertz CT molecular complexity index is 2240. The van der Waals surface area contributed by atoms with Gasteiger partial charge in [-0.2, -0.15) is 23.5 Å². The highest BCUT2D eigenvalue weighted by Crippen LogP contribution is 2.41. The van der Waals surface area contributed by atoms with Crippen LogP contribution in [0.15, 0.2) is 30.5 Å². The predicted octanol–water partition coefficient (Wildman–Crippen LogP) is 5.86. The molecule has 2 N–H and O–H groups in total. The van der Waals surface area contributed by atoms with Crippen molar-refractivity contribution in [3.05, 3.63) is 41.7 Å². The largest absolute Gasteiger partial charge is 0.419 e. The summed E-state index contributed by atoms with van der Waals surface area (Å²) < 4.78 is 49.2. The summed E-state index contributed by atoms with van der Waals surface area (Å²) in [6.07, 6.45) is 2.19. The number of para-hydroxylation sites is 1. The number of thiocarbonyl (C=S) groups is 1. The first kappa shape index (κ1) is 42.9. The molecule has 1 aliphatic carbocycles. The number of nitrogens with one attached hydrogen (secondary N) is 2. The van der Waals surface area contributed by atoms with E-state index in [-0.39, 0.29) is 66.4 Å². The molecule has 19 heteroatoms. The van der Waals surface area contributed by atoms with Crippen LogP contribution in [0.25, 0.3) is 10.9 Å². The van der Waals surface area contributed by atoms with Crippen LogP contribution >= 0.6 is 12.2 Å². The molecular formula is C41H49F3N10O5S. The molecule has 5 heterocycles. The molecule has 0 radical (unpaired) electrons. The summed E-state index contributed by atoms with van der Waals surface area (Å²) in [4.78, 5) is 61.6. The maximum Gasteiger partial charge on any atom is 0.419 e. The van der Waals surface area contributed by atoms with E-state index in [1.54, 1.807) is 37.7 Å². The number of anilines is 3. The molecule has 0 bridgehead atoms. The first-order chi connectivity index (χ1) is 28.4. The number of carbonyl (C=O) groups is 4. The number of nitrogens with zero attached hydrogens (tertiary/aromatic N) is 8. The van der Waals surface area contributed by atoms with E-state index in [0.717, 1.165) is 62.1 Å². The summed E-state index contributed by atoms with van der Waals surface area (Å²) in [6, 6.07) is 7.26. The summed E-state index contributed by atoms with van der Waals surface area (Å²) in [5.41, 5.74) is -1.93. The Kier molecular flexibility index (Phi) is 11.9. The van der Waals surface area contributed by atoms with Gasteiger partial charge in [0.05, 0.1) is 41.3 Å². The number of hydrogen-bond donors (Lipinski definition) is 2. The first-order valence-corrected chi connectivity index (χ1v) is 20.7. The van der Waals surface area contributed by atoms with Gasteiger partial charge in [0.2, 0.25) is 11.8 Å². The number of halogens is 3. The van der Waals surface area contributed by atoms with Crippen LogP contribution in [-0.2, 0) is 32.3 Å². The zero-order valence-corrected chi connectivity index (χ0v) is 35.0. The SMILES string of the molecule is C[C@@H]1CC(OCCC2CCC(N3C(=S)N(c4cnc(C#N)c(C(F)(F)F)c4)C(=O)C3(C)C)CC2)C[C@H](C)N1CC(=O)Nc1cccc2c(N3CCC(=O)NC3=O)nn(C)c12. The average Bonchev–Trinajstić information content (AvgIpc) is 3.61. The van der Waals surface area contributed by atoms with E-state index in [4.69, 9.17) is 17.0 Å². The van der Waals surface area contributed by atoms with E-state index in [2.05, 4.69) is 39.5 Å². The smallest absolute Gasteiger partial charge is 0.378 e. The number of likely N-dealkylation sites (tertiary alicyclic amines) is 1. The molecule has 3 saturated heterocycles. The van der Waals surface area contributed by atoms with Gasteiger partial charge in [-0.25, -0.2) is 9.78 Å². The first-order valence-electron chi connectivity index (χ1n) is 20.3. The molecule has 7 rings (SSSR count). The number of imide groups is 1. The third kappa shape index (κ3) is 8.28. The highest BCUT2D eigenvalue weighted by molar-refractivity contribution is 7.80. The van der Waals surface area contributed by atoms with Crippen LogP contribution in [0.4, 0.5) is 35.2 Å². The highest BCUT2D eigenvalue weighted by Gasteiger charge is 2.53. The Hall–Kier alpha value is -5.19. The molecule has 320 valence electrons. The van der Waals surface area contributed by atoms with Crippen molar-refractivity contribution >= 4 is 69.2 Å². The van der Waals surface area contributed by atoms with E-state index in [9.17, 15) is 37.6 Å². The summed E-state index contributed by atoms with van der Waals surface area (Å²) in [6.45, 7) is 8.66. The van der Waals surface area contributed by atoms with Gasteiger partial charge in [0, 0.05) is 50.1 Å². The second-order valence-electron chi connectivity index (χ2n) is 16.8. The molecule has 4 fully saturated rings. The number of aryl methyl sites for hydroxylation is 1. The van der Waals surface area contributed by atoms with E-state index in [1.807, 2.05) is 11.0 Å². The number of amides is 5. The summed E-state index contributed by atoms with van der Waals surface area (Å²) >= 11 is 5.74. The Morgan fingerprint density at radius 1 is 1.12 bits per heavy atom. The van der Waals surface area contributed by atoms with Crippen molar-refractivity contribution in [2.24, 2.45) is 13.0 Å². The van der Waals surface area contributed by atoms with Gasteiger partial charge in [0.1, 0.15) is 11.6 Å². The van der Waals surface area contributed by atoms with Crippen molar-refractivity contribution in [3.63, 3.8) is 0 Å². The number of aromatic nitrogens is 3. The Morgan fingerprint density at radius 2 is 1.82 bits per heavy atom. The number of hydrogen-bond acceptors (Lipinski definition) is 10. The molecule has 0 spiro atoms. The molecule has 1 aromatic carbocycles. The number of pyridine rings is 1.